The van der Waals surface area contributed by atoms with Crippen LogP contribution >= 0.6 is 46.4 Å². The number of benzene rings is 2. The molecule has 1 aromatic heterocycles. The van der Waals surface area contributed by atoms with Crippen LogP contribution in [0.25, 0.3) is 22.4 Å². The molecule has 1 heterocycles. The highest BCUT2D eigenvalue weighted by atomic mass is 35.5. The number of hydrogen-bond donors (Lipinski definition) is 1. The number of anilines is 1. The van der Waals surface area contributed by atoms with Crippen molar-refractivity contribution in [3.8, 4) is 22.4 Å². The second kappa shape index (κ2) is 6.58. The van der Waals surface area contributed by atoms with Crippen LogP contribution in [0.1, 0.15) is 0 Å². The molecule has 116 valence electrons. The fraction of sp³-hybridized carbons (Fsp3) is 0. The molecule has 0 fully saturated rings. The van der Waals surface area contributed by atoms with Gasteiger partial charge in [0.1, 0.15) is 0 Å². The van der Waals surface area contributed by atoms with Crippen LogP contribution in [0.2, 0.25) is 20.1 Å². The van der Waals surface area contributed by atoms with Crippen LogP contribution in [0.15, 0.2) is 48.7 Å². The molecule has 0 bridgehead atoms. The highest BCUT2D eigenvalue weighted by Crippen LogP contribution is 2.40. The molecule has 3 aromatic rings. The SMILES string of the molecule is Nc1cc(-c2c(Cl)cccc2Cl)ncc1-c1c(Cl)cccc1Cl. The Morgan fingerprint density at radius 2 is 1.22 bits per heavy atom. The maximum absolute atomic E-state index is 6.23. The summed E-state index contributed by atoms with van der Waals surface area (Å²) in [4.78, 5) is 4.42. The molecule has 0 atom stereocenters. The van der Waals surface area contributed by atoms with E-state index in [0.29, 0.717) is 48.2 Å². The van der Waals surface area contributed by atoms with E-state index in [4.69, 9.17) is 52.1 Å². The molecule has 0 saturated carbocycles. The van der Waals surface area contributed by atoms with Gasteiger partial charge in [0.15, 0.2) is 0 Å². The molecule has 0 radical (unpaired) electrons. The molecule has 2 N–H and O–H groups in total. The molecule has 2 aromatic carbocycles. The van der Waals surface area contributed by atoms with Crippen molar-refractivity contribution in [2.24, 2.45) is 0 Å². The molecule has 0 aliphatic rings. The van der Waals surface area contributed by atoms with Crippen LogP contribution in [0.4, 0.5) is 5.69 Å². The summed E-state index contributed by atoms with van der Waals surface area (Å²) >= 11 is 24.9. The minimum Gasteiger partial charge on any atom is -0.398 e. The zero-order chi connectivity index (χ0) is 16.6. The Bertz CT molecular complexity index is 853. The minimum atomic E-state index is 0.487. The van der Waals surface area contributed by atoms with E-state index in [1.54, 1.807) is 48.7 Å². The number of hydrogen-bond acceptors (Lipinski definition) is 2. The van der Waals surface area contributed by atoms with E-state index >= 15 is 0 Å². The molecule has 0 spiro atoms. The van der Waals surface area contributed by atoms with Gasteiger partial charge in [-0.25, -0.2) is 0 Å². The first-order valence-electron chi connectivity index (χ1n) is 6.63. The molecule has 23 heavy (non-hydrogen) atoms. The van der Waals surface area contributed by atoms with Crippen molar-refractivity contribution in [3.05, 3.63) is 68.8 Å². The molecule has 0 unspecified atom stereocenters. The monoisotopic (exact) mass is 382 g/mol. The summed E-state index contributed by atoms with van der Waals surface area (Å²) < 4.78 is 0. The van der Waals surface area contributed by atoms with Crippen LogP contribution in [0.3, 0.4) is 0 Å². The summed E-state index contributed by atoms with van der Waals surface area (Å²) in [5.41, 5.74) is 9.21. The summed E-state index contributed by atoms with van der Waals surface area (Å²) in [6.07, 6.45) is 1.62. The Morgan fingerprint density at radius 1 is 0.739 bits per heavy atom. The van der Waals surface area contributed by atoms with Gasteiger partial charge in [-0.1, -0.05) is 58.5 Å². The lowest BCUT2D eigenvalue weighted by Crippen LogP contribution is -1.95. The number of rotatable bonds is 2. The lowest BCUT2D eigenvalue weighted by Gasteiger charge is -2.12. The smallest absolute Gasteiger partial charge is 0.0752 e. The molecule has 0 aliphatic carbocycles. The van der Waals surface area contributed by atoms with E-state index in [0.717, 1.165) is 0 Å². The van der Waals surface area contributed by atoms with E-state index in [-0.39, 0.29) is 0 Å². The zero-order valence-electron chi connectivity index (χ0n) is 11.7. The van der Waals surface area contributed by atoms with Gasteiger partial charge in [-0.15, -0.1) is 0 Å². The van der Waals surface area contributed by atoms with E-state index in [1.165, 1.54) is 0 Å². The average molecular weight is 384 g/mol. The Labute approximate surface area is 153 Å². The quantitative estimate of drug-likeness (QED) is 0.540. The van der Waals surface area contributed by atoms with Crippen molar-refractivity contribution in [2.75, 3.05) is 5.73 Å². The summed E-state index contributed by atoms with van der Waals surface area (Å²) in [5, 5.41) is 2.03. The van der Waals surface area contributed by atoms with Crippen molar-refractivity contribution in [3.63, 3.8) is 0 Å². The highest BCUT2D eigenvalue weighted by Gasteiger charge is 2.15. The largest absolute Gasteiger partial charge is 0.398 e. The molecule has 3 rings (SSSR count). The highest BCUT2D eigenvalue weighted by molar-refractivity contribution is 6.40. The predicted octanol–water partition coefficient (Wildman–Crippen LogP) is 6.61. The molecule has 6 heteroatoms. The first-order chi connectivity index (χ1) is 11.0. The topological polar surface area (TPSA) is 38.9 Å². The van der Waals surface area contributed by atoms with Crippen molar-refractivity contribution >= 4 is 52.1 Å². The normalized spacial score (nSPS) is 10.8. The number of nitrogens with zero attached hydrogens (tertiary/aromatic N) is 1. The van der Waals surface area contributed by atoms with Gasteiger partial charge in [-0.05, 0) is 30.3 Å². The Balaban J connectivity index is 2.16. The second-order valence-electron chi connectivity index (χ2n) is 4.85. The molecule has 0 saturated heterocycles. The minimum absolute atomic E-state index is 0.487. The summed E-state index contributed by atoms with van der Waals surface area (Å²) in [6, 6.07) is 12.3. The van der Waals surface area contributed by atoms with E-state index in [9.17, 15) is 0 Å². The van der Waals surface area contributed by atoms with Crippen molar-refractivity contribution in [2.45, 2.75) is 0 Å². The van der Waals surface area contributed by atoms with Crippen LogP contribution in [0, 0.1) is 0 Å². The maximum atomic E-state index is 6.23. The number of nitrogens with two attached hydrogens (primary N) is 1. The predicted molar refractivity (Wildman–Crippen MR) is 99.6 cm³/mol. The molecule has 0 amide bonds. The summed E-state index contributed by atoms with van der Waals surface area (Å²) in [5.74, 6) is 0. The molecular formula is C17H10Cl4N2. The van der Waals surface area contributed by atoms with Crippen LogP contribution < -0.4 is 5.73 Å². The van der Waals surface area contributed by atoms with Crippen molar-refractivity contribution in [1.82, 2.24) is 4.98 Å². The molecule has 2 nitrogen and oxygen atoms in total. The maximum Gasteiger partial charge on any atom is 0.0752 e. The van der Waals surface area contributed by atoms with Crippen LogP contribution in [-0.2, 0) is 0 Å². The van der Waals surface area contributed by atoms with Crippen molar-refractivity contribution < 1.29 is 0 Å². The number of pyridine rings is 1. The Morgan fingerprint density at radius 3 is 1.70 bits per heavy atom. The third kappa shape index (κ3) is 3.13. The van der Waals surface area contributed by atoms with Gasteiger partial charge in [-0.3, -0.25) is 4.98 Å². The standard InChI is InChI=1S/C17H10Cl4N2/c18-10-3-1-4-11(19)16(10)9-8-23-15(7-14(9)22)17-12(20)5-2-6-13(17)21/h1-8H,(H2,22,23). The van der Waals surface area contributed by atoms with Crippen molar-refractivity contribution in [1.29, 1.82) is 0 Å². The van der Waals surface area contributed by atoms with Crippen LogP contribution in [-0.4, -0.2) is 4.98 Å². The van der Waals surface area contributed by atoms with Gasteiger partial charge in [0.25, 0.3) is 0 Å². The van der Waals surface area contributed by atoms with Gasteiger partial charge in [0.05, 0.1) is 25.8 Å². The lowest BCUT2D eigenvalue weighted by atomic mass is 10.0. The number of nitrogen functional groups attached to an aromatic ring is 1. The van der Waals surface area contributed by atoms with Gasteiger partial charge in [0.2, 0.25) is 0 Å². The van der Waals surface area contributed by atoms with Crippen LogP contribution in [0.5, 0.6) is 0 Å². The summed E-state index contributed by atoms with van der Waals surface area (Å²) in [7, 11) is 0. The van der Waals surface area contributed by atoms with E-state index < -0.39 is 0 Å². The fourth-order valence-electron chi connectivity index (χ4n) is 2.31. The Hall–Kier alpha value is -1.45. The van der Waals surface area contributed by atoms with Gasteiger partial charge in [-0.2, -0.15) is 0 Å². The number of halogens is 4. The second-order valence-corrected chi connectivity index (χ2v) is 6.48. The fourth-order valence-corrected chi connectivity index (χ4v) is 3.51. The van der Waals surface area contributed by atoms with Gasteiger partial charge >= 0.3 is 0 Å². The third-order valence-electron chi connectivity index (χ3n) is 3.39. The zero-order valence-corrected chi connectivity index (χ0v) is 14.7. The number of aromatic nitrogens is 1. The van der Waals surface area contributed by atoms with Gasteiger partial charge in [0, 0.05) is 28.6 Å². The average Bonchev–Trinajstić information content (AvgIpc) is 2.49. The van der Waals surface area contributed by atoms with E-state index in [1.807, 2.05) is 0 Å². The molecule has 0 aliphatic heterocycles. The molecular weight excluding hydrogens is 374 g/mol. The van der Waals surface area contributed by atoms with E-state index in [2.05, 4.69) is 4.98 Å². The Kier molecular flexibility index (Phi) is 4.69. The summed E-state index contributed by atoms with van der Waals surface area (Å²) in [6.45, 7) is 0. The third-order valence-corrected chi connectivity index (χ3v) is 4.65. The lowest BCUT2D eigenvalue weighted by molar-refractivity contribution is 1.33. The first-order valence-corrected chi connectivity index (χ1v) is 8.14. The van der Waals surface area contributed by atoms with Gasteiger partial charge < -0.3 is 5.73 Å². The first kappa shape index (κ1) is 16.4.